The maximum atomic E-state index is 13.5. The van der Waals surface area contributed by atoms with Gasteiger partial charge < -0.3 is 14.8 Å². The van der Waals surface area contributed by atoms with E-state index in [9.17, 15) is 19.5 Å². The number of nitrogens with one attached hydrogen (secondary N) is 1. The van der Waals surface area contributed by atoms with Crippen molar-refractivity contribution in [3.05, 3.63) is 82.2 Å². The van der Waals surface area contributed by atoms with Crippen LogP contribution in [0.15, 0.2) is 60.0 Å². The zero-order valence-electron chi connectivity index (χ0n) is 19.8. The third kappa shape index (κ3) is 3.62. The standard InChI is InChI=1S/C27H28N2O5/c1-5-29(13-12-19-15-28-22-9-7-6-8-21(19)22)24(23(17(3)30)25(31)26(29)32)20-11-10-18(14-16(20)2)27(33)34-4/h6-11,14-15,24,28H,5,12-13H2,1-4H3/p+1. The van der Waals surface area contributed by atoms with Crippen LogP contribution in [0.5, 0.6) is 0 Å². The first-order valence-corrected chi connectivity index (χ1v) is 11.3. The van der Waals surface area contributed by atoms with E-state index in [4.69, 9.17) is 4.74 Å². The highest BCUT2D eigenvalue weighted by Gasteiger charge is 2.56. The van der Waals surface area contributed by atoms with Gasteiger partial charge in [0, 0.05) is 29.1 Å². The molecular formula is C27H29N2O5+. The molecular weight excluding hydrogens is 432 g/mol. The van der Waals surface area contributed by atoms with Crippen LogP contribution in [0.2, 0.25) is 0 Å². The number of aryl methyl sites for hydroxylation is 1. The van der Waals surface area contributed by atoms with Crippen molar-refractivity contribution >= 4 is 28.6 Å². The van der Waals surface area contributed by atoms with Gasteiger partial charge in [0.05, 0.1) is 25.8 Å². The number of methoxy groups -OCH3 is 1. The Bertz CT molecular complexity index is 1340. The predicted molar refractivity (Wildman–Crippen MR) is 128 cm³/mol. The van der Waals surface area contributed by atoms with Crippen molar-refractivity contribution in [3.63, 3.8) is 0 Å². The third-order valence-electron chi connectivity index (χ3n) is 7.01. The summed E-state index contributed by atoms with van der Waals surface area (Å²) in [5.41, 5.74) is 4.08. The summed E-state index contributed by atoms with van der Waals surface area (Å²) in [6.07, 6.45) is 2.53. The van der Waals surface area contributed by atoms with E-state index in [-0.39, 0.29) is 15.8 Å². The van der Waals surface area contributed by atoms with Crippen molar-refractivity contribution in [2.45, 2.75) is 33.2 Å². The SMILES string of the molecule is CC[N+]1(CCc2c[nH]c3ccccc23)C(=O)C(O)=C(C(C)=O)C1c1ccc(C(=O)OC)cc1C. The van der Waals surface area contributed by atoms with E-state index in [0.29, 0.717) is 25.1 Å². The summed E-state index contributed by atoms with van der Waals surface area (Å²) >= 11 is 0. The highest BCUT2D eigenvalue weighted by molar-refractivity contribution is 6.05. The summed E-state index contributed by atoms with van der Waals surface area (Å²) in [5.74, 6) is -1.71. The second-order valence-electron chi connectivity index (χ2n) is 8.77. The number of hydrogen-bond donors (Lipinski definition) is 2. The Morgan fingerprint density at radius 3 is 2.56 bits per heavy atom. The number of fused-ring (bicyclic) bond motifs is 1. The maximum absolute atomic E-state index is 13.5. The Labute approximate surface area is 198 Å². The Morgan fingerprint density at radius 2 is 1.91 bits per heavy atom. The van der Waals surface area contributed by atoms with Crippen LogP contribution in [0.25, 0.3) is 10.9 Å². The van der Waals surface area contributed by atoms with E-state index >= 15 is 0 Å². The fourth-order valence-corrected chi connectivity index (χ4v) is 5.20. The number of aliphatic hydroxyl groups is 1. The Balaban J connectivity index is 1.80. The number of aliphatic hydroxyl groups excluding tert-OH is 1. The smallest absolute Gasteiger partial charge is 0.382 e. The maximum Gasteiger partial charge on any atom is 0.382 e. The van der Waals surface area contributed by atoms with Crippen molar-refractivity contribution in [2.75, 3.05) is 20.2 Å². The number of esters is 1. The van der Waals surface area contributed by atoms with Crippen molar-refractivity contribution in [3.8, 4) is 0 Å². The van der Waals surface area contributed by atoms with Crippen LogP contribution >= 0.6 is 0 Å². The van der Waals surface area contributed by atoms with Gasteiger partial charge in [-0.1, -0.05) is 24.3 Å². The lowest BCUT2D eigenvalue weighted by Gasteiger charge is -2.38. The number of ketones is 1. The van der Waals surface area contributed by atoms with Crippen LogP contribution in [-0.2, 0) is 20.7 Å². The predicted octanol–water partition coefficient (Wildman–Crippen LogP) is 4.32. The van der Waals surface area contributed by atoms with E-state index in [1.165, 1.54) is 14.0 Å². The molecule has 7 heteroatoms. The fraction of sp³-hybridized carbons (Fsp3) is 0.296. The highest BCUT2D eigenvalue weighted by Crippen LogP contribution is 2.45. The minimum Gasteiger partial charge on any atom is -0.500 e. The lowest BCUT2D eigenvalue weighted by atomic mass is 9.90. The first kappa shape index (κ1) is 23.4. The number of aromatic amines is 1. The van der Waals surface area contributed by atoms with E-state index in [0.717, 1.165) is 27.6 Å². The second kappa shape index (κ2) is 8.91. The largest absolute Gasteiger partial charge is 0.500 e. The number of H-pyrrole nitrogens is 1. The highest BCUT2D eigenvalue weighted by atomic mass is 16.5. The number of Topliss-reactive ketones (excluding diaryl/α,β-unsaturated/α-hetero) is 1. The number of aromatic nitrogens is 1. The molecule has 0 fully saturated rings. The van der Waals surface area contributed by atoms with Crippen LogP contribution in [0.4, 0.5) is 0 Å². The molecule has 3 aromatic rings. The number of carbonyl (C=O) groups excluding carboxylic acids is 3. The molecule has 2 heterocycles. The molecule has 1 aliphatic rings. The molecule has 2 unspecified atom stereocenters. The van der Waals surface area contributed by atoms with Gasteiger partial charge >= 0.3 is 11.9 Å². The van der Waals surface area contributed by atoms with E-state index < -0.39 is 23.7 Å². The number of likely N-dealkylation sites (N-methyl/N-ethyl adjacent to an activating group) is 1. The van der Waals surface area contributed by atoms with Crippen LogP contribution < -0.4 is 0 Å². The molecule has 0 radical (unpaired) electrons. The molecule has 0 saturated heterocycles. The minimum absolute atomic E-state index is 0.0985. The summed E-state index contributed by atoms with van der Waals surface area (Å²) in [7, 11) is 1.32. The summed E-state index contributed by atoms with van der Waals surface area (Å²) in [6.45, 7) is 5.91. The van der Waals surface area contributed by atoms with Crippen molar-refractivity contribution in [1.82, 2.24) is 4.98 Å². The molecule has 2 aromatic carbocycles. The lowest BCUT2D eigenvalue weighted by Crippen LogP contribution is -2.53. The van der Waals surface area contributed by atoms with E-state index in [2.05, 4.69) is 4.98 Å². The molecule has 0 saturated carbocycles. The van der Waals surface area contributed by atoms with Crippen molar-refractivity contribution in [2.24, 2.45) is 0 Å². The molecule has 34 heavy (non-hydrogen) atoms. The van der Waals surface area contributed by atoms with Gasteiger partial charge in [0.1, 0.15) is 5.57 Å². The molecule has 2 N–H and O–H groups in total. The average molecular weight is 462 g/mol. The van der Waals surface area contributed by atoms with Gasteiger partial charge in [-0.25, -0.2) is 14.1 Å². The molecule has 1 amide bonds. The minimum atomic E-state index is -0.660. The molecule has 0 spiro atoms. The monoisotopic (exact) mass is 461 g/mol. The van der Waals surface area contributed by atoms with Gasteiger partial charge in [0.2, 0.25) is 5.76 Å². The van der Waals surface area contributed by atoms with Crippen LogP contribution in [0.3, 0.4) is 0 Å². The normalized spacial score (nSPS) is 20.2. The van der Waals surface area contributed by atoms with Gasteiger partial charge in [-0.2, -0.15) is 0 Å². The van der Waals surface area contributed by atoms with E-state index in [1.807, 2.05) is 44.3 Å². The number of ether oxygens (including phenoxy) is 1. The van der Waals surface area contributed by atoms with Crippen LogP contribution in [-0.4, -0.2) is 52.4 Å². The quantitative estimate of drug-likeness (QED) is 0.403. The van der Waals surface area contributed by atoms with Crippen LogP contribution in [0.1, 0.15) is 46.9 Å². The second-order valence-corrected chi connectivity index (χ2v) is 8.77. The number of para-hydroxylation sites is 1. The number of nitrogens with zero attached hydrogens (tertiary/aromatic N) is 1. The van der Waals surface area contributed by atoms with E-state index in [1.54, 1.807) is 18.2 Å². The Kier molecular flexibility index (Phi) is 6.15. The molecule has 2 atom stereocenters. The molecule has 1 aromatic heterocycles. The topological polar surface area (TPSA) is 96.5 Å². The molecule has 7 nitrogen and oxygen atoms in total. The van der Waals surface area contributed by atoms with Gasteiger partial charge in [0.25, 0.3) is 0 Å². The number of rotatable bonds is 7. The summed E-state index contributed by atoms with van der Waals surface area (Å²) in [5, 5.41) is 11.9. The first-order chi connectivity index (χ1) is 16.2. The average Bonchev–Trinajstić information content (AvgIpc) is 3.34. The zero-order chi connectivity index (χ0) is 24.6. The fourth-order valence-electron chi connectivity index (χ4n) is 5.20. The first-order valence-electron chi connectivity index (χ1n) is 11.3. The number of quaternary nitrogens is 1. The number of benzene rings is 2. The number of amides is 1. The van der Waals surface area contributed by atoms with Gasteiger partial charge in [-0.3, -0.25) is 4.79 Å². The molecule has 0 aliphatic carbocycles. The van der Waals surface area contributed by atoms with Crippen molar-refractivity contribution in [1.29, 1.82) is 0 Å². The van der Waals surface area contributed by atoms with Gasteiger partial charge in [-0.05, 0) is 50.1 Å². The molecule has 176 valence electrons. The molecule has 4 rings (SSSR count). The van der Waals surface area contributed by atoms with Gasteiger partial charge in [-0.15, -0.1) is 0 Å². The molecule has 1 aliphatic heterocycles. The number of carbonyl (C=O) groups is 3. The summed E-state index contributed by atoms with van der Waals surface area (Å²) in [6, 6.07) is 12.4. The third-order valence-corrected chi connectivity index (χ3v) is 7.01. The van der Waals surface area contributed by atoms with Crippen molar-refractivity contribution < 1.29 is 28.7 Å². The lowest BCUT2D eigenvalue weighted by molar-refractivity contribution is -0.872. The Hall–Kier alpha value is -3.71. The summed E-state index contributed by atoms with van der Waals surface area (Å²) < 4.78 is 4.73. The summed E-state index contributed by atoms with van der Waals surface area (Å²) in [4.78, 5) is 41.5. The Morgan fingerprint density at radius 1 is 1.18 bits per heavy atom. The zero-order valence-corrected chi connectivity index (χ0v) is 19.8. The van der Waals surface area contributed by atoms with Gasteiger partial charge in [0.15, 0.2) is 11.8 Å². The van der Waals surface area contributed by atoms with Crippen LogP contribution in [0, 0.1) is 6.92 Å². The number of hydrogen-bond acceptors (Lipinski definition) is 5. The molecule has 0 bridgehead atoms.